The van der Waals surface area contributed by atoms with Crippen molar-refractivity contribution in [2.24, 2.45) is 0 Å². The van der Waals surface area contributed by atoms with E-state index in [4.69, 9.17) is 56.8 Å². The lowest BCUT2D eigenvalue weighted by Gasteiger charge is -2.12. The molecule has 0 aromatic heterocycles. The van der Waals surface area contributed by atoms with Crippen molar-refractivity contribution in [2.75, 3.05) is 82.3 Å². The number of ether oxygens (including phenoxy) is 12. The number of carbonyl (C=O) groups is 6. The van der Waals surface area contributed by atoms with Crippen molar-refractivity contribution >= 4 is 35.8 Å². The van der Waals surface area contributed by atoms with E-state index in [1.807, 2.05) is 0 Å². The molecule has 7 aromatic rings. The Labute approximate surface area is 538 Å². The molecule has 0 saturated carbocycles. The molecular weight excluding hydrogens is 1190 g/mol. The Kier molecular flexibility index (Phi) is 26.9. The van der Waals surface area contributed by atoms with Gasteiger partial charge in [-0.2, -0.15) is 0 Å². The highest BCUT2D eigenvalue weighted by atomic mass is 16.6. The van der Waals surface area contributed by atoms with Crippen LogP contribution in [0, 0.1) is 71.0 Å². The van der Waals surface area contributed by atoms with Gasteiger partial charge in [-0.1, -0.05) is 107 Å². The smallest absolute Gasteiger partial charge is 0.339 e. The van der Waals surface area contributed by atoms with Crippen molar-refractivity contribution in [1.29, 1.82) is 0 Å². The molecule has 0 heterocycles. The summed E-state index contributed by atoms with van der Waals surface area (Å²) in [6, 6.07) is 44.2. The van der Waals surface area contributed by atoms with Crippen LogP contribution < -0.4 is 14.2 Å². The standard InChI is InChI=1S/C75H60O18/c1-82-64-37-31-55(32-38-64)67(88-43-7-13-52-19-25-58(26-20-52)70(76)85-4)16-10-46-91-73(79)61-49-62(74(80)92-47-11-17-68(56-33-39-65(83-2)40-34-56)89-44-8-14-53-21-27-59(28-22-53)71(77)86-5)51-63(50-61)75(81)93-48-12-18-69(57-35-41-66(84-3)42-36-57)90-45-9-15-54-23-29-60(30-24-54)72(78)87-6/h19-42,49-51,67-69H,43-48H2,1-6H3. The molecule has 93 heavy (non-hydrogen) atoms. The summed E-state index contributed by atoms with van der Waals surface area (Å²) in [7, 11) is 8.50. The average Bonchev–Trinajstić information content (AvgIpc) is 1.08. The first-order valence-electron chi connectivity index (χ1n) is 28.2. The fourth-order valence-corrected chi connectivity index (χ4v) is 8.15. The zero-order chi connectivity index (χ0) is 66.2. The van der Waals surface area contributed by atoms with Crippen LogP contribution >= 0.6 is 0 Å². The SMILES string of the molecule is COC(=O)c1ccc(C#CCOC(C#CCOC(=O)c2cc(C(=O)OCC#CC(OCC#Cc3ccc(C(=O)OC)cc3)c3ccc(OC)cc3)cc(C(=O)OCC#CC(OCC#Cc3ccc(C(=O)OC)cc3)c3ccc(OC)cc3)c2)c2ccc(OC)cc2)cc1. The first-order chi connectivity index (χ1) is 45.3. The first-order valence-corrected chi connectivity index (χ1v) is 28.2. The molecule has 18 heteroatoms. The van der Waals surface area contributed by atoms with Gasteiger partial charge >= 0.3 is 35.8 Å². The van der Waals surface area contributed by atoms with Crippen molar-refractivity contribution in [2.45, 2.75) is 18.3 Å². The summed E-state index contributed by atoms with van der Waals surface area (Å²) in [6.45, 7) is -1.53. The van der Waals surface area contributed by atoms with Crippen LogP contribution in [0.3, 0.4) is 0 Å². The van der Waals surface area contributed by atoms with Crippen LogP contribution in [0.25, 0.3) is 0 Å². The van der Waals surface area contributed by atoms with Crippen LogP contribution in [-0.4, -0.2) is 118 Å². The van der Waals surface area contributed by atoms with Crippen molar-refractivity contribution in [3.8, 4) is 88.3 Å². The Hall–Kier alpha value is -12.0. The molecule has 0 radical (unpaired) electrons. The molecule has 7 aromatic carbocycles. The van der Waals surface area contributed by atoms with E-state index >= 15 is 0 Å². The third-order valence-corrected chi connectivity index (χ3v) is 13.0. The summed E-state index contributed by atoms with van der Waals surface area (Å²) in [5.74, 6) is 32.7. The summed E-state index contributed by atoms with van der Waals surface area (Å²) in [6.07, 6.45) is -2.53. The zero-order valence-electron chi connectivity index (χ0n) is 51.4. The fraction of sp³-hybridized carbons (Fsp3) is 0.200. The minimum Gasteiger partial charge on any atom is -0.497 e. The van der Waals surface area contributed by atoms with E-state index in [-0.39, 0.29) is 36.5 Å². The quantitative estimate of drug-likeness (QED) is 0.0372. The Bertz CT molecular complexity index is 3700. The van der Waals surface area contributed by atoms with Gasteiger partial charge in [-0.3, -0.25) is 0 Å². The zero-order valence-corrected chi connectivity index (χ0v) is 51.4. The molecule has 0 fully saturated rings. The van der Waals surface area contributed by atoms with Gasteiger partial charge in [-0.05, 0) is 144 Å². The molecule has 0 aliphatic heterocycles. The third kappa shape index (κ3) is 21.6. The second kappa shape index (κ2) is 36.5. The van der Waals surface area contributed by atoms with E-state index in [0.717, 1.165) is 0 Å². The molecule has 18 nitrogen and oxygen atoms in total. The Morgan fingerprint density at radius 1 is 0.290 bits per heavy atom. The van der Waals surface area contributed by atoms with Gasteiger partial charge < -0.3 is 56.8 Å². The minimum atomic E-state index is -0.958. The van der Waals surface area contributed by atoms with E-state index in [1.54, 1.807) is 146 Å². The summed E-state index contributed by atoms with van der Waals surface area (Å²) < 4.78 is 65.2. The van der Waals surface area contributed by atoms with Crippen molar-refractivity contribution in [3.05, 3.63) is 231 Å². The molecule has 0 spiro atoms. The Balaban J connectivity index is 1.09. The summed E-state index contributed by atoms with van der Waals surface area (Å²) >= 11 is 0. The largest absolute Gasteiger partial charge is 0.497 e. The summed E-state index contributed by atoms with van der Waals surface area (Å²) in [4.78, 5) is 77.2. The summed E-state index contributed by atoms with van der Waals surface area (Å²) in [5, 5.41) is 0. The fourth-order valence-electron chi connectivity index (χ4n) is 8.15. The second-order valence-electron chi connectivity index (χ2n) is 19.0. The summed E-state index contributed by atoms with van der Waals surface area (Å²) in [5.41, 5.74) is 4.28. The maximum atomic E-state index is 13.9. The van der Waals surface area contributed by atoms with Gasteiger partial charge in [0.2, 0.25) is 0 Å². The molecule has 0 N–H and O–H groups in total. The minimum absolute atomic E-state index is 0.0573. The maximum Gasteiger partial charge on any atom is 0.339 e. The third-order valence-electron chi connectivity index (χ3n) is 13.0. The Morgan fingerprint density at radius 2 is 0.538 bits per heavy atom. The highest BCUT2D eigenvalue weighted by Gasteiger charge is 2.20. The van der Waals surface area contributed by atoms with Gasteiger partial charge in [-0.25, -0.2) is 28.8 Å². The highest BCUT2D eigenvalue weighted by Crippen LogP contribution is 2.24. The van der Waals surface area contributed by atoms with Gasteiger partial charge in [0.05, 0.1) is 76.0 Å². The number of carbonyl (C=O) groups excluding carboxylic acids is 6. The number of methoxy groups -OCH3 is 6. The van der Waals surface area contributed by atoms with E-state index < -0.39 is 73.9 Å². The molecule has 0 aliphatic carbocycles. The molecule has 0 bridgehead atoms. The van der Waals surface area contributed by atoms with Gasteiger partial charge in [0, 0.05) is 16.7 Å². The lowest BCUT2D eigenvalue weighted by atomic mass is 10.1. The number of rotatable bonds is 21. The molecule has 468 valence electrons. The van der Waals surface area contributed by atoms with Gasteiger partial charge in [0.25, 0.3) is 0 Å². The molecule has 0 saturated heterocycles. The van der Waals surface area contributed by atoms with Crippen molar-refractivity contribution in [3.63, 3.8) is 0 Å². The lowest BCUT2D eigenvalue weighted by Crippen LogP contribution is -2.14. The van der Waals surface area contributed by atoms with E-state index in [1.165, 1.54) is 60.9 Å². The van der Waals surface area contributed by atoms with E-state index in [2.05, 4.69) is 71.0 Å². The van der Waals surface area contributed by atoms with Gasteiger partial charge in [-0.15, -0.1) is 0 Å². The molecule has 3 atom stereocenters. The van der Waals surface area contributed by atoms with Gasteiger partial charge in [0.1, 0.15) is 55.4 Å². The lowest BCUT2D eigenvalue weighted by molar-refractivity contribution is 0.0542. The highest BCUT2D eigenvalue weighted by molar-refractivity contribution is 6.00. The first kappa shape index (κ1) is 68.5. The van der Waals surface area contributed by atoms with Crippen LogP contribution in [0.2, 0.25) is 0 Å². The van der Waals surface area contributed by atoms with E-state index in [0.29, 0.717) is 67.3 Å². The van der Waals surface area contributed by atoms with Crippen LogP contribution in [0.15, 0.2) is 164 Å². The monoisotopic (exact) mass is 1250 g/mol. The molecule has 0 amide bonds. The molecule has 3 unspecified atom stereocenters. The van der Waals surface area contributed by atoms with Gasteiger partial charge in [0.15, 0.2) is 19.8 Å². The molecular formula is C75H60O18. The normalized spacial score (nSPS) is 10.9. The molecule has 0 aliphatic rings. The van der Waals surface area contributed by atoms with Crippen LogP contribution in [0.5, 0.6) is 17.2 Å². The average molecular weight is 1250 g/mol. The maximum absolute atomic E-state index is 13.9. The number of hydrogen-bond acceptors (Lipinski definition) is 18. The van der Waals surface area contributed by atoms with Crippen molar-refractivity contribution < 1.29 is 85.6 Å². The van der Waals surface area contributed by atoms with E-state index in [9.17, 15) is 28.8 Å². The number of benzene rings is 7. The predicted molar refractivity (Wildman–Crippen MR) is 340 cm³/mol. The Morgan fingerprint density at radius 3 is 0.763 bits per heavy atom. The van der Waals surface area contributed by atoms with Crippen LogP contribution in [-0.2, 0) is 42.6 Å². The predicted octanol–water partition coefficient (Wildman–Crippen LogP) is 9.98. The second-order valence-corrected chi connectivity index (χ2v) is 19.0. The topological polar surface area (TPSA) is 213 Å². The van der Waals surface area contributed by atoms with Crippen LogP contribution in [0.4, 0.5) is 0 Å². The number of esters is 6. The number of hydrogen-bond donors (Lipinski definition) is 0. The molecule has 7 rings (SSSR count). The van der Waals surface area contributed by atoms with Crippen LogP contribution in [0.1, 0.15) is 114 Å². The van der Waals surface area contributed by atoms with Crippen molar-refractivity contribution in [1.82, 2.24) is 0 Å².